The van der Waals surface area contributed by atoms with Crippen LogP contribution >= 0.6 is 15.9 Å². The number of amides is 1. The first-order chi connectivity index (χ1) is 11.2. The van der Waals surface area contributed by atoms with Crippen molar-refractivity contribution in [1.82, 2.24) is 4.90 Å². The second-order valence-corrected chi connectivity index (χ2v) is 8.57. The minimum Gasteiger partial charge on any atom is -0.487 e. The fourth-order valence-corrected chi connectivity index (χ4v) is 3.68. The smallest absolute Gasteiger partial charge is 0.410 e. The van der Waals surface area contributed by atoms with Gasteiger partial charge >= 0.3 is 6.09 Å². The molecule has 1 atom stereocenters. The maximum absolute atomic E-state index is 12.2. The van der Waals surface area contributed by atoms with Gasteiger partial charge in [-0.25, -0.2) is 4.79 Å². The highest BCUT2D eigenvalue weighted by molar-refractivity contribution is 9.10. The van der Waals surface area contributed by atoms with Gasteiger partial charge in [0, 0.05) is 42.4 Å². The lowest BCUT2D eigenvalue weighted by Crippen LogP contribution is -2.52. The minimum atomic E-state index is -0.532. The molecule has 1 N–H and O–H groups in total. The maximum Gasteiger partial charge on any atom is 0.410 e. The van der Waals surface area contributed by atoms with Crippen molar-refractivity contribution in [2.45, 2.75) is 57.3 Å². The Morgan fingerprint density at radius 1 is 1.38 bits per heavy atom. The van der Waals surface area contributed by atoms with Crippen molar-refractivity contribution in [3.63, 3.8) is 0 Å². The van der Waals surface area contributed by atoms with Gasteiger partial charge in [0.15, 0.2) is 0 Å². The number of piperidine rings is 1. The van der Waals surface area contributed by atoms with Crippen LogP contribution in [0.4, 0.5) is 4.79 Å². The van der Waals surface area contributed by atoms with Crippen LogP contribution in [-0.2, 0) is 4.74 Å². The van der Waals surface area contributed by atoms with Crippen molar-refractivity contribution < 1.29 is 19.4 Å². The summed E-state index contributed by atoms with van der Waals surface area (Å²) in [5.41, 5.74) is -0.0702. The van der Waals surface area contributed by atoms with Crippen LogP contribution < -0.4 is 4.74 Å². The van der Waals surface area contributed by atoms with Crippen LogP contribution in [0.25, 0.3) is 0 Å². The SMILES string of the molecule is CC(C)(C)OC(=O)N1CCC2(CC1)CC(O)c1ccc(Br)cc1O2. The van der Waals surface area contributed by atoms with E-state index in [0.29, 0.717) is 32.4 Å². The highest BCUT2D eigenvalue weighted by atomic mass is 79.9. The topological polar surface area (TPSA) is 59.0 Å². The Morgan fingerprint density at radius 2 is 2.04 bits per heavy atom. The molecule has 3 rings (SSSR count). The van der Waals surface area contributed by atoms with Crippen molar-refractivity contribution in [2.24, 2.45) is 0 Å². The molecule has 2 heterocycles. The summed E-state index contributed by atoms with van der Waals surface area (Å²) in [6.07, 6.45) is 1.13. The fourth-order valence-electron chi connectivity index (χ4n) is 3.34. The van der Waals surface area contributed by atoms with Gasteiger partial charge < -0.3 is 19.5 Å². The van der Waals surface area contributed by atoms with Crippen LogP contribution in [-0.4, -0.2) is 40.4 Å². The molecule has 1 saturated heterocycles. The summed E-state index contributed by atoms with van der Waals surface area (Å²) < 4.78 is 12.6. The minimum absolute atomic E-state index is 0.281. The van der Waals surface area contributed by atoms with E-state index >= 15 is 0 Å². The molecule has 0 aliphatic carbocycles. The highest BCUT2D eigenvalue weighted by Crippen LogP contribution is 2.45. The van der Waals surface area contributed by atoms with Gasteiger partial charge in [-0.3, -0.25) is 0 Å². The Labute approximate surface area is 151 Å². The van der Waals surface area contributed by atoms with E-state index in [1.165, 1.54) is 0 Å². The summed E-state index contributed by atoms with van der Waals surface area (Å²) >= 11 is 3.45. The lowest BCUT2D eigenvalue weighted by molar-refractivity contribution is -0.0569. The number of halogens is 1. The lowest BCUT2D eigenvalue weighted by atomic mass is 9.82. The Kier molecular flexibility index (Phi) is 4.55. The molecule has 1 aromatic carbocycles. The van der Waals surface area contributed by atoms with E-state index in [2.05, 4.69) is 15.9 Å². The molecule has 1 fully saturated rings. The molecule has 1 amide bonds. The molecule has 0 radical (unpaired) electrons. The first kappa shape index (κ1) is 17.5. The molecular weight excluding hydrogens is 374 g/mol. The number of hydrogen-bond donors (Lipinski definition) is 1. The van der Waals surface area contributed by atoms with Gasteiger partial charge in [0.1, 0.15) is 17.0 Å². The van der Waals surface area contributed by atoms with Crippen LogP contribution in [0.1, 0.15) is 51.7 Å². The Balaban J connectivity index is 1.69. The van der Waals surface area contributed by atoms with Gasteiger partial charge in [-0.1, -0.05) is 22.0 Å². The van der Waals surface area contributed by atoms with E-state index in [0.717, 1.165) is 15.8 Å². The number of carbonyl (C=O) groups excluding carboxylic acids is 1. The molecule has 1 unspecified atom stereocenters. The van der Waals surface area contributed by atoms with Crippen LogP contribution in [0.2, 0.25) is 0 Å². The highest BCUT2D eigenvalue weighted by Gasteiger charge is 2.44. The van der Waals surface area contributed by atoms with Crippen molar-refractivity contribution in [3.8, 4) is 5.75 Å². The quantitative estimate of drug-likeness (QED) is 0.717. The molecular formula is C18H24BrNO4. The summed E-state index contributed by atoms with van der Waals surface area (Å²) in [6, 6.07) is 5.71. The van der Waals surface area contributed by atoms with Crippen molar-refractivity contribution in [2.75, 3.05) is 13.1 Å². The van der Waals surface area contributed by atoms with E-state index in [4.69, 9.17) is 9.47 Å². The van der Waals surface area contributed by atoms with Gasteiger partial charge in [0.05, 0.1) is 6.10 Å². The van der Waals surface area contributed by atoms with Gasteiger partial charge in [0.2, 0.25) is 0 Å². The second-order valence-electron chi connectivity index (χ2n) is 7.65. The second kappa shape index (κ2) is 6.23. The van der Waals surface area contributed by atoms with E-state index in [-0.39, 0.29) is 6.09 Å². The van der Waals surface area contributed by atoms with Crippen molar-refractivity contribution in [1.29, 1.82) is 0 Å². The normalized spacial score (nSPS) is 22.7. The zero-order chi connectivity index (χ0) is 17.5. The molecule has 2 aliphatic heterocycles. The molecule has 6 heteroatoms. The van der Waals surface area contributed by atoms with Gasteiger partial charge in [-0.05, 0) is 32.9 Å². The predicted molar refractivity (Wildman–Crippen MR) is 94.1 cm³/mol. The molecule has 1 spiro atoms. The number of benzene rings is 1. The number of aliphatic hydroxyl groups is 1. The standard InChI is InChI=1S/C18H24BrNO4/c1-17(2,3)24-16(22)20-8-6-18(7-9-20)11-14(21)13-5-4-12(19)10-15(13)23-18/h4-5,10,14,21H,6-9,11H2,1-3H3. The average Bonchev–Trinajstić information content (AvgIpc) is 2.45. The molecule has 0 bridgehead atoms. The number of hydrogen-bond acceptors (Lipinski definition) is 4. The lowest BCUT2D eigenvalue weighted by Gasteiger charge is -2.45. The number of carbonyl (C=O) groups is 1. The average molecular weight is 398 g/mol. The summed E-state index contributed by atoms with van der Waals surface area (Å²) in [5, 5.41) is 10.5. The Morgan fingerprint density at radius 3 is 2.67 bits per heavy atom. The number of likely N-dealkylation sites (tertiary alicyclic amines) is 1. The molecule has 132 valence electrons. The third-order valence-corrected chi connectivity index (χ3v) is 5.05. The molecule has 5 nitrogen and oxygen atoms in total. The molecule has 24 heavy (non-hydrogen) atoms. The Hall–Kier alpha value is -1.27. The number of aliphatic hydroxyl groups excluding tert-OH is 1. The van der Waals surface area contributed by atoms with Crippen molar-refractivity contribution in [3.05, 3.63) is 28.2 Å². The van der Waals surface area contributed by atoms with Crippen LogP contribution in [0.3, 0.4) is 0 Å². The largest absolute Gasteiger partial charge is 0.487 e. The van der Waals surface area contributed by atoms with Crippen LogP contribution in [0.5, 0.6) is 5.75 Å². The summed E-state index contributed by atoms with van der Waals surface area (Å²) in [5.74, 6) is 0.730. The number of ether oxygens (including phenoxy) is 2. The van der Waals surface area contributed by atoms with Gasteiger partial charge in [0.25, 0.3) is 0 Å². The van der Waals surface area contributed by atoms with Crippen LogP contribution in [0.15, 0.2) is 22.7 Å². The summed E-state index contributed by atoms with van der Waals surface area (Å²) in [7, 11) is 0. The summed E-state index contributed by atoms with van der Waals surface area (Å²) in [6.45, 7) is 6.75. The zero-order valence-corrected chi connectivity index (χ0v) is 15.9. The monoisotopic (exact) mass is 397 g/mol. The van der Waals surface area contributed by atoms with E-state index in [1.807, 2.05) is 39.0 Å². The number of fused-ring (bicyclic) bond motifs is 1. The third kappa shape index (κ3) is 3.70. The number of rotatable bonds is 0. The molecule has 2 aliphatic rings. The zero-order valence-electron chi connectivity index (χ0n) is 14.3. The van der Waals surface area contributed by atoms with Crippen molar-refractivity contribution >= 4 is 22.0 Å². The first-order valence-corrected chi connectivity index (χ1v) is 9.11. The van der Waals surface area contributed by atoms with Crippen LogP contribution in [0, 0.1) is 0 Å². The molecule has 0 aromatic heterocycles. The van der Waals surface area contributed by atoms with E-state index in [9.17, 15) is 9.90 Å². The first-order valence-electron chi connectivity index (χ1n) is 8.32. The predicted octanol–water partition coefficient (Wildman–Crippen LogP) is 4.03. The van der Waals surface area contributed by atoms with E-state index in [1.54, 1.807) is 4.90 Å². The van der Waals surface area contributed by atoms with Gasteiger partial charge in [-0.15, -0.1) is 0 Å². The molecule has 1 aromatic rings. The molecule has 0 saturated carbocycles. The van der Waals surface area contributed by atoms with E-state index < -0.39 is 17.3 Å². The fraction of sp³-hybridized carbons (Fsp3) is 0.611. The summed E-state index contributed by atoms with van der Waals surface area (Å²) in [4.78, 5) is 13.9. The Bertz CT molecular complexity index is 632. The number of nitrogens with zero attached hydrogens (tertiary/aromatic N) is 1. The maximum atomic E-state index is 12.2. The van der Waals surface area contributed by atoms with Gasteiger partial charge in [-0.2, -0.15) is 0 Å². The third-order valence-electron chi connectivity index (χ3n) is 4.55.